The standard InChI is InChI=1S/C15H26N4OS.HI/c1-11-14(21-12(2)18-11)5-7-17-15(16-3)19(4)9-13-6-8-20-10-13;/h13H,5-10H2,1-4H3,(H,16,17);1H. The monoisotopic (exact) mass is 438 g/mol. The lowest BCUT2D eigenvalue weighted by Gasteiger charge is -2.24. The topological polar surface area (TPSA) is 49.8 Å². The van der Waals surface area contributed by atoms with Gasteiger partial charge < -0.3 is 15.0 Å². The van der Waals surface area contributed by atoms with Crippen LogP contribution in [0.25, 0.3) is 0 Å². The first kappa shape index (κ1) is 19.6. The Kier molecular flexibility index (Phi) is 8.63. The minimum absolute atomic E-state index is 0. The summed E-state index contributed by atoms with van der Waals surface area (Å²) in [6.07, 6.45) is 2.15. The smallest absolute Gasteiger partial charge is 0.193 e. The number of nitrogens with one attached hydrogen (secondary N) is 1. The number of aliphatic imine (C=N–C) groups is 1. The van der Waals surface area contributed by atoms with Gasteiger partial charge in [0.15, 0.2) is 5.96 Å². The highest BCUT2D eigenvalue weighted by atomic mass is 127. The van der Waals surface area contributed by atoms with Crippen molar-refractivity contribution in [3.8, 4) is 0 Å². The quantitative estimate of drug-likeness (QED) is 0.436. The minimum atomic E-state index is 0. The second-order valence-corrected chi connectivity index (χ2v) is 6.86. The van der Waals surface area contributed by atoms with Gasteiger partial charge in [-0.15, -0.1) is 35.3 Å². The van der Waals surface area contributed by atoms with E-state index in [1.165, 1.54) is 4.88 Å². The second kappa shape index (κ2) is 9.67. The lowest BCUT2D eigenvalue weighted by atomic mass is 10.1. The Morgan fingerprint density at radius 2 is 2.27 bits per heavy atom. The van der Waals surface area contributed by atoms with E-state index in [1.807, 2.05) is 7.05 Å². The maximum atomic E-state index is 5.43. The van der Waals surface area contributed by atoms with Gasteiger partial charge in [0.25, 0.3) is 0 Å². The van der Waals surface area contributed by atoms with Crippen molar-refractivity contribution in [2.24, 2.45) is 10.9 Å². The lowest BCUT2D eigenvalue weighted by Crippen LogP contribution is -2.42. The van der Waals surface area contributed by atoms with E-state index in [4.69, 9.17) is 4.74 Å². The van der Waals surface area contributed by atoms with Crippen LogP contribution in [0.5, 0.6) is 0 Å². The van der Waals surface area contributed by atoms with Crippen molar-refractivity contribution in [3.63, 3.8) is 0 Å². The van der Waals surface area contributed by atoms with E-state index in [1.54, 1.807) is 11.3 Å². The highest BCUT2D eigenvalue weighted by Crippen LogP contribution is 2.17. The molecule has 1 unspecified atom stereocenters. The number of aromatic nitrogens is 1. The van der Waals surface area contributed by atoms with Crippen molar-refractivity contribution < 1.29 is 4.74 Å². The number of hydrogen-bond donors (Lipinski definition) is 1. The van der Waals surface area contributed by atoms with Crippen molar-refractivity contribution in [2.75, 3.05) is 40.4 Å². The largest absolute Gasteiger partial charge is 0.381 e. The Labute approximate surface area is 154 Å². The fraction of sp³-hybridized carbons (Fsp3) is 0.733. The zero-order valence-corrected chi connectivity index (χ0v) is 17.0. The van der Waals surface area contributed by atoms with Gasteiger partial charge in [0.05, 0.1) is 17.3 Å². The van der Waals surface area contributed by atoms with Crippen LogP contribution in [0.3, 0.4) is 0 Å². The normalized spacial score (nSPS) is 18.2. The van der Waals surface area contributed by atoms with Crippen molar-refractivity contribution in [3.05, 3.63) is 15.6 Å². The molecule has 1 fully saturated rings. The number of ether oxygens (including phenoxy) is 1. The molecule has 126 valence electrons. The van der Waals surface area contributed by atoms with Crippen molar-refractivity contribution in [2.45, 2.75) is 26.7 Å². The third-order valence-electron chi connectivity index (χ3n) is 3.76. The van der Waals surface area contributed by atoms with E-state index >= 15 is 0 Å². The summed E-state index contributed by atoms with van der Waals surface area (Å²) >= 11 is 1.79. The molecule has 22 heavy (non-hydrogen) atoms. The van der Waals surface area contributed by atoms with Crippen molar-refractivity contribution >= 4 is 41.3 Å². The van der Waals surface area contributed by atoms with Gasteiger partial charge in [-0.25, -0.2) is 4.98 Å². The van der Waals surface area contributed by atoms with Gasteiger partial charge in [-0.2, -0.15) is 0 Å². The van der Waals surface area contributed by atoms with E-state index in [-0.39, 0.29) is 24.0 Å². The van der Waals surface area contributed by atoms with E-state index in [0.717, 1.165) is 55.8 Å². The summed E-state index contributed by atoms with van der Waals surface area (Å²) in [7, 11) is 3.93. The van der Waals surface area contributed by atoms with Crippen LogP contribution in [0.2, 0.25) is 0 Å². The summed E-state index contributed by atoms with van der Waals surface area (Å²) in [6.45, 7) is 7.80. The average Bonchev–Trinajstić information content (AvgIpc) is 3.05. The summed E-state index contributed by atoms with van der Waals surface area (Å²) in [5, 5.41) is 4.59. The van der Waals surface area contributed by atoms with Crippen LogP contribution >= 0.6 is 35.3 Å². The number of aryl methyl sites for hydroxylation is 2. The molecule has 1 saturated heterocycles. The maximum absolute atomic E-state index is 5.43. The Morgan fingerprint density at radius 3 is 2.82 bits per heavy atom. The van der Waals surface area contributed by atoms with Gasteiger partial charge >= 0.3 is 0 Å². The van der Waals surface area contributed by atoms with Crippen LogP contribution in [-0.2, 0) is 11.2 Å². The molecule has 5 nitrogen and oxygen atoms in total. The van der Waals surface area contributed by atoms with Crippen LogP contribution in [0.4, 0.5) is 0 Å². The number of thiazole rings is 1. The first-order valence-corrected chi connectivity index (χ1v) is 8.34. The van der Waals surface area contributed by atoms with Gasteiger partial charge in [-0.05, 0) is 20.3 Å². The molecule has 0 amide bonds. The van der Waals surface area contributed by atoms with Crippen LogP contribution in [-0.4, -0.2) is 56.2 Å². The molecule has 0 aliphatic carbocycles. The minimum Gasteiger partial charge on any atom is -0.381 e. The fourth-order valence-electron chi connectivity index (χ4n) is 2.68. The molecule has 0 saturated carbocycles. The number of hydrogen-bond acceptors (Lipinski definition) is 4. The molecule has 1 aliphatic heterocycles. The SMILES string of the molecule is CN=C(NCCc1sc(C)nc1C)N(C)CC1CCOC1.I. The molecule has 1 aromatic rings. The molecule has 0 spiro atoms. The molecule has 0 bridgehead atoms. The van der Waals surface area contributed by atoms with Gasteiger partial charge in [-0.3, -0.25) is 4.99 Å². The molecule has 0 aromatic carbocycles. The average molecular weight is 438 g/mol. The predicted molar refractivity (Wildman–Crippen MR) is 104 cm³/mol. The predicted octanol–water partition coefficient (Wildman–Crippen LogP) is 2.46. The molecule has 1 aliphatic rings. The number of rotatable bonds is 5. The van der Waals surface area contributed by atoms with Crippen LogP contribution < -0.4 is 5.32 Å². The van der Waals surface area contributed by atoms with Crippen molar-refractivity contribution in [1.29, 1.82) is 0 Å². The molecule has 1 N–H and O–H groups in total. The molecule has 2 heterocycles. The molecule has 7 heteroatoms. The lowest BCUT2D eigenvalue weighted by molar-refractivity contribution is 0.181. The molecule has 2 rings (SSSR count). The molecule has 1 aromatic heterocycles. The van der Waals surface area contributed by atoms with Crippen molar-refractivity contribution in [1.82, 2.24) is 15.2 Å². The summed E-state index contributed by atoms with van der Waals surface area (Å²) in [5.41, 5.74) is 1.16. The fourth-order valence-corrected chi connectivity index (χ4v) is 3.62. The van der Waals surface area contributed by atoms with Crippen LogP contribution in [0.1, 0.15) is 22.0 Å². The Morgan fingerprint density at radius 1 is 1.50 bits per heavy atom. The number of halogens is 1. The number of nitrogens with zero attached hydrogens (tertiary/aromatic N) is 3. The number of guanidine groups is 1. The van der Waals surface area contributed by atoms with E-state index < -0.39 is 0 Å². The first-order valence-electron chi connectivity index (χ1n) is 7.52. The summed E-state index contributed by atoms with van der Waals surface area (Å²) in [5.74, 6) is 1.58. The molecular weight excluding hydrogens is 411 g/mol. The Hall–Kier alpha value is -0.410. The second-order valence-electron chi connectivity index (χ2n) is 5.58. The van der Waals surface area contributed by atoms with E-state index in [9.17, 15) is 0 Å². The Bertz CT molecular complexity index is 486. The summed E-state index contributed by atoms with van der Waals surface area (Å²) < 4.78 is 5.43. The van der Waals surface area contributed by atoms with E-state index in [2.05, 4.69) is 41.1 Å². The third-order valence-corrected chi connectivity index (χ3v) is 4.90. The zero-order valence-electron chi connectivity index (χ0n) is 13.9. The maximum Gasteiger partial charge on any atom is 0.193 e. The summed E-state index contributed by atoms with van der Waals surface area (Å²) in [4.78, 5) is 12.4. The molecule has 1 atom stereocenters. The highest BCUT2D eigenvalue weighted by Gasteiger charge is 2.19. The van der Waals surface area contributed by atoms with Gasteiger partial charge in [-0.1, -0.05) is 0 Å². The molecule has 0 radical (unpaired) electrons. The third kappa shape index (κ3) is 5.66. The van der Waals surface area contributed by atoms with Gasteiger partial charge in [0.2, 0.25) is 0 Å². The van der Waals surface area contributed by atoms with E-state index in [0.29, 0.717) is 5.92 Å². The van der Waals surface area contributed by atoms with Gasteiger partial charge in [0, 0.05) is 51.0 Å². The molecular formula is C15H27IN4OS. The first-order chi connectivity index (χ1) is 10.1. The zero-order chi connectivity index (χ0) is 15.2. The van der Waals surface area contributed by atoms with Crippen LogP contribution in [0.15, 0.2) is 4.99 Å². The Balaban J connectivity index is 0.00000242. The van der Waals surface area contributed by atoms with Gasteiger partial charge in [0.1, 0.15) is 0 Å². The van der Waals surface area contributed by atoms with Crippen LogP contribution in [0, 0.1) is 19.8 Å². The summed E-state index contributed by atoms with van der Waals surface area (Å²) in [6, 6.07) is 0. The highest BCUT2D eigenvalue weighted by molar-refractivity contribution is 14.0.